The average molecular weight is 397 g/mol. The van der Waals surface area contributed by atoms with Crippen molar-refractivity contribution in [1.29, 1.82) is 0 Å². The van der Waals surface area contributed by atoms with Crippen molar-refractivity contribution in [3.05, 3.63) is 53.6 Å². The van der Waals surface area contributed by atoms with Gasteiger partial charge >= 0.3 is 0 Å². The van der Waals surface area contributed by atoms with Crippen molar-refractivity contribution in [2.24, 2.45) is 18.9 Å². The molecule has 0 spiro atoms. The van der Waals surface area contributed by atoms with E-state index in [9.17, 15) is 9.18 Å². The number of carbonyl (C=O) groups excluding carboxylic acids is 1. The molecule has 0 radical (unpaired) electrons. The van der Waals surface area contributed by atoms with Crippen LogP contribution in [0.25, 0.3) is 0 Å². The van der Waals surface area contributed by atoms with E-state index in [0.717, 1.165) is 31.6 Å². The monoisotopic (exact) mass is 396 g/mol. The number of amides is 1. The molecule has 154 valence electrons. The van der Waals surface area contributed by atoms with Crippen molar-refractivity contribution in [1.82, 2.24) is 19.6 Å². The van der Waals surface area contributed by atoms with Gasteiger partial charge in [-0.15, -0.1) is 0 Å². The zero-order valence-electron chi connectivity index (χ0n) is 17.0. The highest BCUT2D eigenvalue weighted by Crippen LogP contribution is 2.42. The van der Waals surface area contributed by atoms with Gasteiger partial charge in [0.05, 0.1) is 0 Å². The number of aromatic nitrogens is 2. The molecule has 0 saturated carbocycles. The molecule has 1 amide bonds. The summed E-state index contributed by atoms with van der Waals surface area (Å²) in [5, 5.41) is 4.17. The maximum absolute atomic E-state index is 13.8. The number of carbonyl (C=O) groups is 1. The number of halogens is 1. The van der Waals surface area contributed by atoms with Crippen LogP contribution in [-0.2, 0) is 13.5 Å². The van der Waals surface area contributed by atoms with Crippen LogP contribution < -0.4 is 0 Å². The summed E-state index contributed by atoms with van der Waals surface area (Å²) in [6, 6.07) is 9.76. The number of hydrogen-bond acceptors (Lipinski definition) is 3. The standard InChI is InChI=1S/C23H29FN4O/c1-26-21(8-9-25-26)23(29)27-14-17-13-18(15-27)22(28-10-3-2-7-20(17)28)12-16-5-4-6-19(24)11-16/h4-6,8-9,11,17-18,20,22H,2-3,7,10,12-15H2,1H3/t17-,18+,20+,22+/m1/s1. The minimum atomic E-state index is -0.164. The third-order valence-corrected chi connectivity index (χ3v) is 7.28. The van der Waals surface area contributed by atoms with Crippen LogP contribution >= 0.6 is 0 Å². The normalized spacial score (nSPS) is 29.5. The summed E-state index contributed by atoms with van der Waals surface area (Å²) >= 11 is 0. The lowest BCUT2D eigenvalue weighted by atomic mass is 9.71. The first-order valence-corrected chi connectivity index (χ1v) is 10.9. The van der Waals surface area contributed by atoms with Crippen LogP contribution in [0.2, 0.25) is 0 Å². The molecule has 3 aliphatic heterocycles. The molecule has 4 heterocycles. The second-order valence-electron chi connectivity index (χ2n) is 9.01. The molecule has 0 unspecified atom stereocenters. The van der Waals surface area contributed by atoms with Gasteiger partial charge in [0.15, 0.2) is 0 Å². The molecule has 1 aromatic carbocycles. The lowest BCUT2D eigenvalue weighted by molar-refractivity contribution is -0.0644. The van der Waals surface area contributed by atoms with Crippen LogP contribution in [0.5, 0.6) is 0 Å². The number of nitrogens with zero attached hydrogens (tertiary/aromatic N) is 4. The van der Waals surface area contributed by atoms with Crippen LogP contribution in [0.3, 0.4) is 0 Å². The van der Waals surface area contributed by atoms with Gasteiger partial charge in [-0.05, 0) is 67.8 Å². The molecule has 4 atom stereocenters. The Morgan fingerprint density at radius 1 is 1.21 bits per heavy atom. The molecular formula is C23H29FN4O. The lowest BCUT2D eigenvalue weighted by Crippen LogP contribution is -2.64. The minimum absolute atomic E-state index is 0.0912. The van der Waals surface area contributed by atoms with Crippen molar-refractivity contribution < 1.29 is 9.18 Å². The van der Waals surface area contributed by atoms with Crippen LogP contribution in [0.1, 0.15) is 41.7 Å². The molecule has 0 aliphatic carbocycles. The highest BCUT2D eigenvalue weighted by molar-refractivity contribution is 5.92. The Bertz CT molecular complexity index is 897. The number of rotatable bonds is 3. The van der Waals surface area contributed by atoms with E-state index >= 15 is 0 Å². The fourth-order valence-corrected chi connectivity index (χ4v) is 6.01. The van der Waals surface area contributed by atoms with Gasteiger partial charge < -0.3 is 4.90 Å². The van der Waals surface area contributed by atoms with Gasteiger partial charge in [-0.1, -0.05) is 18.6 Å². The fraction of sp³-hybridized carbons (Fsp3) is 0.565. The molecule has 2 bridgehead atoms. The molecule has 5 nitrogen and oxygen atoms in total. The van der Waals surface area contributed by atoms with E-state index in [1.807, 2.05) is 25.2 Å². The number of benzene rings is 1. The second-order valence-corrected chi connectivity index (χ2v) is 9.01. The summed E-state index contributed by atoms with van der Waals surface area (Å²) in [6.07, 6.45) is 7.45. The van der Waals surface area contributed by atoms with E-state index < -0.39 is 0 Å². The predicted octanol–water partition coefficient (Wildman–Crippen LogP) is 3.12. The summed E-state index contributed by atoms with van der Waals surface area (Å²) in [4.78, 5) is 17.9. The Hall–Kier alpha value is -2.21. The Morgan fingerprint density at radius 2 is 2.07 bits per heavy atom. The summed E-state index contributed by atoms with van der Waals surface area (Å²) < 4.78 is 15.5. The van der Waals surface area contributed by atoms with Crippen molar-refractivity contribution in [3.8, 4) is 0 Å². The Kier molecular flexibility index (Phi) is 4.90. The van der Waals surface area contributed by atoms with Crippen LogP contribution in [-0.4, -0.2) is 57.2 Å². The predicted molar refractivity (Wildman–Crippen MR) is 109 cm³/mol. The van der Waals surface area contributed by atoms with Gasteiger partial charge in [0.1, 0.15) is 11.5 Å². The molecule has 0 N–H and O–H groups in total. The summed E-state index contributed by atoms with van der Waals surface area (Å²) in [7, 11) is 1.83. The van der Waals surface area contributed by atoms with E-state index in [1.165, 1.54) is 31.7 Å². The van der Waals surface area contributed by atoms with E-state index in [-0.39, 0.29) is 11.7 Å². The highest BCUT2D eigenvalue weighted by Gasteiger charge is 2.48. The zero-order valence-corrected chi connectivity index (χ0v) is 17.0. The third kappa shape index (κ3) is 3.48. The van der Waals surface area contributed by atoms with Crippen molar-refractivity contribution in [3.63, 3.8) is 0 Å². The molecule has 29 heavy (non-hydrogen) atoms. The van der Waals surface area contributed by atoms with Gasteiger partial charge in [-0.25, -0.2) is 4.39 Å². The smallest absolute Gasteiger partial charge is 0.272 e. The van der Waals surface area contributed by atoms with Gasteiger partial charge in [-0.2, -0.15) is 5.10 Å². The van der Waals surface area contributed by atoms with E-state index in [1.54, 1.807) is 16.9 Å². The van der Waals surface area contributed by atoms with Gasteiger partial charge in [0.25, 0.3) is 5.91 Å². The molecule has 5 rings (SSSR count). The van der Waals surface area contributed by atoms with Gasteiger partial charge in [0.2, 0.25) is 0 Å². The van der Waals surface area contributed by atoms with Crippen LogP contribution in [0.4, 0.5) is 4.39 Å². The SMILES string of the molecule is Cn1nccc1C(=O)N1C[C@H]2C[C@@H](C1)[C@H](Cc1cccc(F)c1)N1CCCC[C@@H]21. The lowest BCUT2D eigenvalue weighted by Gasteiger charge is -2.57. The largest absolute Gasteiger partial charge is 0.337 e. The zero-order chi connectivity index (χ0) is 20.0. The first-order chi connectivity index (χ1) is 14.1. The first-order valence-electron chi connectivity index (χ1n) is 10.9. The van der Waals surface area contributed by atoms with Crippen LogP contribution in [0.15, 0.2) is 36.5 Å². The summed E-state index contributed by atoms with van der Waals surface area (Å²) in [5.74, 6) is 0.898. The third-order valence-electron chi connectivity index (χ3n) is 7.28. The Balaban J connectivity index is 1.42. The van der Waals surface area contributed by atoms with Crippen molar-refractivity contribution in [2.45, 2.75) is 44.2 Å². The van der Waals surface area contributed by atoms with E-state index in [0.29, 0.717) is 29.6 Å². The average Bonchev–Trinajstić information content (AvgIpc) is 3.16. The molecular weight excluding hydrogens is 367 g/mol. The number of likely N-dealkylation sites (tertiary alicyclic amines) is 1. The molecule has 6 heteroatoms. The second kappa shape index (κ2) is 7.56. The van der Waals surface area contributed by atoms with Crippen molar-refractivity contribution >= 4 is 5.91 Å². The number of piperidine rings is 3. The van der Waals surface area contributed by atoms with Gasteiger partial charge in [0, 0.05) is 38.4 Å². The molecule has 1 aromatic heterocycles. The molecule has 3 saturated heterocycles. The van der Waals surface area contributed by atoms with E-state index in [4.69, 9.17) is 0 Å². The number of hydrogen-bond donors (Lipinski definition) is 0. The maximum Gasteiger partial charge on any atom is 0.272 e. The number of fused-ring (bicyclic) bond motifs is 4. The minimum Gasteiger partial charge on any atom is -0.337 e. The molecule has 2 aromatic rings. The molecule has 3 fully saturated rings. The maximum atomic E-state index is 13.8. The Morgan fingerprint density at radius 3 is 2.86 bits per heavy atom. The first kappa shape index (κ1) is 18.8. The van der Waals surface area contributed by atoms with Gasteiger partial charge in [-0.3, -0.25) is 14.4 Å². The quantitative estimate of drug-likeness (QED) is 0.801. The van der Waals surface area contributed by atoms with E-state index in [2.05, 4.69) is 14.9 Å². The van der Waals surface area contributed by atoms with Crippen molar-refractivity contribution in [2.75, 3.05) is 19.6 Å². The fourth-order valence-electron chi connectivity index (χ4n) is 6.01. The topological polar surface area (TPSA) is 41.4 Å². The highest BCUT2D eigenvalue weighted by atomic mass is 19.1. The summed E-state index contributed by atoms with van der Waals surface area (Å²) in [5.41, 5.74) is 1.72. The number of aryl methyl sites for hydroxylation is 1. The van der Waals surface area contributed by atoms with Crippen LogP contribution in [0, 0.1) is 17.7 Å². The molecule has 3 aliphatic rings. The summed E-state index contributed by atoms with van der Waals surface area (Å²) in [6.45, 7) is 2.76. The Labute approximate surface area is 171 Å².